The highest BCUT2D eigenvalue weighted by Gasteiger charge is 2.31. The molecule has 0 fully saturated rings. The fourth-order valence-corrected chi connectivity index (χ4v) is 2.17. The predicted octanol–water partition coefficient (Wildman–Crippen LogP) is 3.95. The van der Waals surface area contributed by atoms with Gasteiger partial charge in [0.05, 0.1) is 6.54 Å². The molecule has 2 aromatic rings. The normalized spacial score (nSPS) is 11.0. The Morgan fingerprint density at radius 2 is 1.65 bits per heavy atom. The van der Waals surface area contributed by atoms with Crippen LogP contribution >= 0.6 is 11.6 Å². The molecule has 0 unspecified atom stereocenters. The van der Waals surface area contributed by atoms with Crippen LogP contribution in [0.25, 0.3) is 0 Å². The molecule has 2 amide bonds. The number of hydrogen-bond acceptors (Lipinski definition) is 3. The smallest absolute Gasteiger partial charge is 0.406 e. The lowest BCUT2D eigenvalue weighted by Crippen LogP contribution is -2.34. The highest BCUT2D eigenvalue weighted by molar-refractivity contribution is 6.30. The molecule has 0 radical (unpaired) electrons. The molecule has 2 rings (SSSR count). The lowest BCUT2D eigenvalue weighted by Gasteiger charge is -2.17. The van der Waals surface area contributed by atoms with Gasteiger partial charge in [0.15, 0.2) is 0 Å². The van der Waals surface area contributed by atoms with E-state index in [0.717, 1.165) is 12.1 Å². The van der Waals surface area contributed by atoms with Gasteiger partial charge in [0.25, 0.3) is 5.91 Å². The molecule has 138 valence electrons. The topological polar surface area (TPSA) is 58.6 Å². The third kappa shape index (κ3) is 5.96. The van der Waals surface area contributed by atoms with E-state index in [-0.39, 0.29) is 18.1 Å². The number of carbonyl (C=O) groups is 2. The third-order valence-corrected chi connectivity index (χ3v) is 3.44. The number of alkyl halides is 3. The Kier molecular flexibility index (Phi) is 6.10. The van der Waals surface area contributed by atoms with Crippen molar-refractivity contribution in [1.82, 2.24) is 4.90 Å². The molecule has 2 aromatic carbocycles. The Labute approximate surface area is 152 Å². The number of nitrogens with zero attached hydrogens (tertiary/aromatic N) is 1. The van der Waals surface area contributed by atoms with Gasteiger partial charge in [0.2, 0.25) is 5.91 Å². The van der Waals surface area contributed by atoms with Gasteiger partial charge in [-0.2, -0.15) is 0 Å². The molecule has 0 spiro atoms. The van der Waals surface area contributed by atoms with Gasteiger partial charge < -0.3 is 15.0 Å². The second-order valence-corrected chi connectivity index (χ2v) is 5.72. The number of halogens is 4. The van der Waals surface area contributed by atoms with Crippen LogP contribution in [-0.4, -0.2) is 36.7 Å². The fourth-order valence-electron chi connectivity index (χ4n) is 2.04. The summed E-state index contributed by atoms with van der Waals surface area (Å²) in [5.74, 6) is -1.27. The molecule has 0 atom stereocenters. The number of nitrogens with one attached hydrogen (secondary N) is 1. The summed E-state index contributed by atoms with van der Waals surface area (Å²) in [6.07, 6.45) is -4.78. The molecule has 0 aromatic heterocycles. The van der Waals surface area contributed by atoms with E-state index in [1.54, 1.807) is 24.3 Å². The Bertz CT molecular complexity index is 777. The number of anilines is 1. The third-order valence-electron chi connectivity index (χ3n) is 3.19. The van der Waals surface area contributed by atoms with Crippen LogP contribution < -0.4 is 10.1 Å². The summed E-state index contributed by atoms with van der Waals surface area (Å²) in [5, 5.41) is 2.97. The first-order valence-electron chi connectivity index (χ1n) is 7.31. The van der Waals surface area contributed by atoms with Gasteiger partial charge in [0, 0.05) is 23.3 Å². The zero-order chi connectivity index (χ0) is 19.3. The van der Waals surface area contributed by atoms with Crippen LogP contribution in [0, 0.1) is 0 Å². The minimum Gasteiger partial charge on any atom is -0.406 e. The number of ether oxygens (including phenoxy) is 1. The van der Waals surface area contributed by atoms with E-state index >= 15 is 0 Å². The van der Waals surface area contributed by atoms with Crippen molar-refractivity contribution in [3.63, 3.8) is 0 Å². The molecule has 0 bridgehead atoms. The SMILES string of the molecule is CN(CC(=O)Nc1ccc(OC(F)(F)F)cc1)C(=O)c1ccc(Cl)cc1. The number of carbonyl (C=O) groups excluding carboxylic acids is 2. The molecule has 0 aliphatic carbocycles. The van der Waals surface area contributed by atoms with Crippen LogP contribution in [0.3, 0.4) is 0 Å². The standard InChI is InChI=1S/C17H14ClF3N2O3/c1-23(16(25)11-2-4-12(18)5-3-11)10-15(24)22-13-6-8-14(9-7-13)26-17(19,20)21/h2-9H,10H2,1H3,(H,22,24). The van der Waals surface area contributed by atoms with Gasteiger partial charge >= 0.3 is 6.36 Å². The largest absolute Gasteiger partial charge is 0.573 e. The van der Waals surface area contributed by atoms with Crippen LogP contribution in [0.4, 0.5) is 18.9 Å². The van der Waals surface area contributed by atoms with Crippen LogP contribution in [-0.2, 0) is 4.79 Å². The average molecular weight is 387 g/mol. The fraction of sp³-hybridized carbons (Fsp3) is 0.176. The van der Waals surface area contributed by atoms with Gasteiger partial charge in [-0.25, -0.2) is 0 Å². The first kappa shape index (κ1) is 19.6. The Hall–Kier alpha value is -2.74. The predicted molar refractivity (Wildman–Crippen MR) is 90.2 cm³/mol. The monoisotopic (exact) mass is 386 g/mol. The first-order chi connectivity index (χ1) is 12.1. The van der Waals surface area contributed by atoms with Crippen molar-refractivity contribution >= 4 is 29.1 Å². The maximum absolute atomic E-state index is 12.2. The molecule has 0 aliphatic heterocycles. The molecular formula is C17H14ClF3N2O3. The second-order valence-electron chi connectivity index (χ2n) is 5.29. The summed E-state index contributed by atoms with van der Waals surface area (Å²) in [6.45, 7) is -0.234. The highest BCUT2D eigenvalue weighted by Crippen LogP contribution is 2.23. The van der Waals surface area contributed by atoms with E-state index in [2.05, 4.69) is 10.1 Å². The zero-order valence-electron chi connectivity index (χ0n) is 13.5. The lowest BCUT2D eigenvalue weighted by molar-refractivity contribution is -0.274. The molecule has 0 saturated heterocycles. The Balaban J connectivity index is 1.91. The maximum atomic E-state index is 12.2. The first-order valence-corrected chi connectivity index (χ1v) is 7.68. The summed E-state index contributed by atoms with van der Waals surface area (Å²) >= 11 is 5.76. The van der Waals surface area contributed by atoms with Crippen molar-refractivity contribution in [2.24, 2.45) is 0 Å². The van der Waals surface area contributed by atoms with E-state index in [9.17, 15) is 22.8 Å². The molecule has 0 aliphatic rings. The van der Waals surface area contributed by atoms with Gasteiger partial charge in [-0.3, -0.25) is 9.59 Å². The summed E-state index contributed by atoms with van der Waals surface area (Å²) < 4.78 is 40.0. The number of amides is 2. The number of rotatable bonds is 5. The summed E-state index contributed by atoms with van der Waals surface area (Å²) in [6, 6.07) is 10.9. The summed E-state index contributed by atoms with van der Waals surface area (Å²) in [7, 11) is 1.46. The van der Waals surface area contributed by atoms with Gasteiger partial charge in [-0.15, -0.1) is 13.2 Å². The van der Waals surface area contributed by atoms with Crippen molar-refractivity contribution in [2.75, 3.05) is 18.9 Å². The van der Waals surface area contributed by atoms with Crippen LogP contribution in [0.2, 0.25) is 5.02 Å². The van der Waals surface area contributed by atoms with E-state index in [1.165, 1.54) is 24.1 Å². The van der Waals surface area contributed by atoms with Crippen molar-refractivity contribution in [3.8, 4) is 5.75 Å². The van der Waals surface area contributed by atoms with Crippen molar-refractivity contribution in [2.45, 2.75) is 6.36 Å². The number of likely N-dealkylation sites (N-methyl/N-ethyl adjacent to an activating group) is 1. The molecule has 5 nitrogen and oxygen atoms in total. The average Bonchev–Trinajstić information content (AvgIpc) is 2.55. The number of benzene rings is 2. The Morgan fingerprint density at radius 3 is 2.19 bits per heavy atom. The van der Waals surface area contributed by atoms with Crippen molar-refractivity contribution in [3.05, 3.63) is 59.1 Å². The van der Waals surface area contributed by atoms with Crippen LogP contribution in [0.5, 0.6) is 5.75 Å². The van der Waals surface area contributed by atoms with Crippen molar-refractivity contribution < 1.29 is 27.5 Å². The van der Waals surface area contributed by atoms with Crippen molar-refractivity contribution in [1.29, 1.82) is 0 Å². The molecule has 26 heavy (non-hydrogen) atoms. The van der Waals surface area contributed by atoms with Gasteiger partial charge in [-0.05, 0) is 48.5 Å². The molecular weight excluding hydrogens is 373 g/mol. The summed E-state index contributed by atoms with van der Waals surface area (Å²) in [4.78, 5) is 25.4. The number of hydrogen-bond donors (Lipinski definition) is 1. The maximum Gasteiger partial charge on any atom is 0.573 e. The van der Waals surface area contributed by atoms with E-state index in [4.69, 9.17) is 11.6 Å². The lowest BCUT2D eigenvalue weighted by atomic mass is 10.2. The van der Waals surface area contributed by atoms with Crippen LogP contribution in [0.1, 0.15) is 10.4 Å². The summed E-state index contributed by atoms with van der Waals surface area (Å²) in [5.41, 5.74) is 0.648. The van der Waals surface area contributed by atoms with E-state index in [1.807, 2.05) is 0 Å². The van der Waals surface area contributed by atoms with Crippen LogP contribution in [0.15, 0.2) is 48.5 Å². The minimum absolute atomic E-state index is 0.234. The minimum atomic E-state index is -4.78. The highest BCUT2D eigenvalue weighted by atomic mass is 35.5. The molecule has 9 heteroatoms. The second kappa shape index (κ2) is 8.09. The quantitative estimate of drug-likeness (QED) is 0.846. The molecule has 0 saturated carbocycles. The molecule has 0 heterocycles. The van der Waals surface area contributed by atoms with Gasteiger partial charge in [0.1, 0.15) is 5.75 Å². The van der Waals surface area contributed by atoms with E-state index < -0.39 is 18.0 Å². The zero-order valence-corrected chi connectivity index (χ0v) is 14.3. The molecule has 1 N–H and O–H groups in total. The van der Waals surface area contributed by atoms with Gasteiger partial charge in [-0.1, -0.05) is 11.6 Å². The Morgan fingerprint density at radius 1 is 1.08 bits per heavy atom. The van der Waals surface area contributed by atoms with E-state index in [0.29, 0.717) is 10.6 Å².